The Morgan fingerprint density at radius 3 is 2.38 bits per heavy atom. The number of nitrogens with zero attached hydrogens (tertiary/aromatic N) is 1. The van der Waals surface area contributed by atoms with Gasteiger partial charge in [0.25, 0.3) is 0 Å². The molecule has 0 atom stereocenters. The summed E-state index contributed by atoms with van der Waals surface area (Å²) in [5, 5.41) is 0. The van der Waals surface area contributed by atoms with Crippen LogP contribution < -0.4 is 0 Å². The van der Waals surface area contributed by atoms with E-state index in [2.05, 4.69) is 26.9 Å². The van der Waals surface area contributed by atoms with Gasteiger partial charge >= 0.3 is 0 Å². The molecular weight excluding hydrogens is 296 g/mol. The average Bonchev–Trinajstić information content (AvgIpc) is 2.08. The van der Waals surface area contributed by atoms with Gasteiger partial charge in [-0.1, -0.05) is 6.58 Å². The molecule has 0 aliphatic heterocycles. The fourth-order valence-corrected chi connectivity index (χ4v) is 3.71. The van der Waals surface area contributed by atoms with Crippen LogP contribution in [-0.4, -0.2) is 12.5 Å². The van der Waals surface area contributed by atoms with E-state index >= 15 is 0 Å². The van der Waals surface area contributed by atoms with Gasteiger partial charge in [-0.15, -0.1) is 0 Å². The van der Waals surface area contributed by atoms with Gasteiger partial charge in [0, 0.05) is 10.6 Å². The Balaban J connectivity index is 3.45. The van der Waals surface area contributed by atoms with Crippen LogP contribution in [0.5, 0.6) is 0 Å². The third kappa shape index (κ3) is 2.98. The van der Waals surface area contributed by atoms with Crippen LogP contribution in [0, 0.1) is 11.6 Å². The van der Waals surface area contributed by atoms with Crippen molar-refractivity contribution in [3.05, 3.63) is 40.5 Å². The van der Waals surface area contributed by atoms with Crippen LogP contribution >= 0.6 is 15.9 Å². The molecule has 1 aromatic carbocycles. The molecule has 90 valence electrons. The molecule has 0 radical (unpaired) electrons. The quantitative estimate of drug-likeness (QED) is 0.627. The van der Waals surface area contributed by atoms with Gasteiger partial charge in [0.15, 0.2) is 0 Å². The summed E-state index contributed by atoms with van der Waals surface area (Å²) in [7, 11) is -2.05. The molecular formula is C11H14BrF2NS. The smallest absolute Gasteiger partial charge is 0.138 e. The van der Waals surface area contributed by atoms with Crippen molar-refractivity contribution < 1.29 is 8.78 Å². The minimum absolute atomic E-state index is 0.129. The summed E-state index contributed by atoms with van der Waals surface area (Å²) in [6, 6.07) is 2.35. The van der Waals surface area contributed by atoms with Gasteiger partial charge < -0.3 is 0 Å². The zero-order chi connectivity index (χ0) is 12.5. The topological polar surface area (TPSA) is 12.4 Å². The van der Waals surface area contributed by atoms with Crippen LogP contribution in [0.4, 0.5) is 8.78 Å². The van der Waals surface area contributed by atoms with E-state index in [1.165, 1.54) is 6.07 Å². The number of halogens is 3. The lowest BCUT2D eigenvalue weighted by molar-refractivity contribution is 0.571. The lowest BCUT2D eigenvalue weighted by atomic mass is 10.3. The van der Waals surface area contributed by atoms with Gasteiger partial charge in [0.1, 0.15) is 11.6 Å². The van der Waals surface area contributed by atoms with E-state index in [9.17, 15) is 8.78 Å². The molecule has 0 saturated carbocycles. The van der Waals surface area contributed by atoms with Crippen LogP contribution in [0.25, 0.3) is 0 Å². The van der Waals surface area contributed by atoms with Crippen LogP contribution in [0.3, 0.4) is 0 Å². The number of allylic oxidation sites excluding steroid dienone is 1. The molecule has 0 spiro atoms. The molecule has 0 fully saturated rings. The Labute approximate surface area is 104 Å². The monoisotopic (exact) mass is 309 g/mol. The lowest BCUT2D eigenvalue weighted by Gasteiger charge is -2.21. The highest BCUT2D eigenvalue weighted by molar-refractivity contribution is 9.10. The maximum Gasteiger partial charge on any atom is 0.138 e. The van der Waals surface area contributed by atoms with Crippen molar-refractivity contribution >= 4 is 25.8 Å². The minimum Gasteiger partial charge on any atom is -0.250 e. The normalized spacial score (nSPS) is 12.4. The Morgan fingerprint density at radius 2 is 1.88 bits per heavy atom. The number of rotatable bonds is 2. The molecule has 0 amide bonds. The number of benzene rings is 1. The zero-order valence-corrected chi connectivity index (χ0v) is 11.9. The standard InChI is InChI=1S/C11H14BrF2NS/c1-7(2)15-16(3,4)11-6-9(13)8(12)5-10(11)14/h5-6,16H,1H2,2-4H3. The molecule has 0 heterocycles. The molecule has 0 aliphatic carbocycles. The van der Waals surface area contributed by atoms with Crippen molar-refractivity contribution in [2.75, 3.05) is 12.5 Å². The third-order valence-electron chi connectivity index (χ3n) is 2.00. The van der Waals surface area contributed by atoms with Crippen LogP contribution in [0.2, 0.25) is 0 Å². The van der Waals surface area contributed by atoms with E-state index < -0.39 is 21.5 Å². The molecule has 1 aromatic rings. The summed E-state index contributed by atoms with van der Waals surface area (Å²) in [6.07, 6.45) is 3.65. The molecule has 0 aromatic heterocycles. The first-order valence-electron chi connectivity index (χ1n) is 4.62. The third-order valence-corrected chi connectivity index (χ3v) is 4.97. The average molecular weight is 310 g/mol. The molecule has 0 bridgehead atoms. The molecule has 0 saturated heterocycles. The number of thiol groups is 1. The second-order valence-electron chi connectivity index (χ2n) is 3.95. The SMILES string of the molecule is C=C(C)N=[SH](C)(C)c1cc(F)c(Br)cc1F. The molecule has 0 N–H and O–H groups in total. The molecule has 0 unspecified atom stereocenters. The minimum atomic E-state index is -2.05. The lowest BCUT2D eigenvalue weighted by Crippen LogP contribution is -2.10. The van der Waals surface area contributed by atoms with Gasteiger partial charge in [-0.25, -0.2) is 8.78 Å². The van der Waals surface area contributed by atoms with Crippen molar-refractivity contribution in [2.45, 2.75) is 11.8 Å². The summed E-state index contributed by atoms with van der Waals surface area (Å²) in [5.74, 6) is -0.905. The second-order valence-corrected chi connectivity index (χ2v) is 8.27. The molecule has 1 nitrogen and oxygen atoms in total. The van der Waals surface area contributed by atoms with E-state index in [1.54, 1.807) is 6.92 Å². The first-order chi connectivity index (χ1) is 7.24. The van der Waals surface area contributed by atoms with E-state index in [0.29, 0.717) is 10.6 Å². The van der Waals surface area contributed by atoms with Gasteiger partial charge in [0.05, 0.1) is 4.47 Å². The van der Waals surface area contributed by atoms with E-state index in [0.717, 1.165) is 6.07 Å². The molecule has 1 rings (SSSR count). The Kier molecular flexibility index (Phi) is 4.02. The summed E-state index contributed by atoms with van der Waals surface area (Å²) in [5.41, 5.74) is 0.626. The summed E-state index contributed by atoms with van der Waals surface area (Å²) in [6.45, 7) is 5.42. The van der Waals surface area contributed by atoms with Gasteiger partial charge in [-0.05, 0) is 47.5 Å². The highest BCUT2D eigenvalue weighted by atomic mass is 79.9. The predicted molar refractivity (Wildman–Crippen MR) is 70.2 cm³/mol. The molecule has 0 aliphatic rings. The van der Waals surface area contributed by atoms with E-state index in [-0.39, 0.29) is 4.47 Å². The molecule has 5 heteroatoms. The first kappa shape index (κ1) is 13.5. The zero-order valence-electron chi connectivity index (χ0n) is 9.39. The maximum absolute atomic E-state index is 13.7. The number of hydrogen-bond donors (Lipinski definition) is 1. The van der Waals surface area contributed by atoms with Crippen LogP contribution in [0.15, 0.2) is 38.1 Å². The summed E-state index contributed by atoms with van der Waals surface area (Å²) in [4.78, 5) is 0.330. The highest BCUT2D eigenvalue weighted by Gasteiger charge is 2.14. The van der Waals surface area contributed by atoms with Crippen molar-refractivity contribution in [1.29, 1.82) is 0 Å². The van der Waals surface area contributed by atoms with Crippen LogP contribution in [0.1, 0.15) is 6.92 Å². The number of hydrogen-bond acceptors (Lipinski definition) is 1. The van der Waals surface area contributed by atoms with Gasteiger partial charge in [0.2, 0.25) is 0 Å². The fraction of sp³-hybridized carbons (Fsp3) is 0.273. The second kappa shape index (κ2) is 4.75. The van der Waals surface area contributed by atoms with Crippen molar-refractivity contribution in [1.82, 2.24) is 0 Å². The van der Waals surface area contributed by atoms with E-state index in [1.807, 2.05) is 12.5 Å². The van der Waals surface area contributed by atoms with Gasteiger partial charge in [-0.2, -0.15) is 9.82 Å². The maximum atomic E-state index is 13.7. The summed E-state index contributed by atoms with van der Waals surface area (Å²) < 4.78 is 31.5. The van der Waals surface area contributed by atoms with Crippen molar-refractivity contribution in [3.8, 4) is 0 Å². The van der Waals surface area contributed by atoms with Crippen molar-refractivity contribution in [2.24, 2.45) is 4.36 Å². The highest BCUT2D eigenvalue weighted by Crippen LogP contribution is 2.27. The fourth-order valence-electron chi connectivity index (χ4n) is 1.41. The van der Waals surface area contributed by atoms with Gasteiger partial charge in [-0.3, -0.25) is 4.36 Å². The van der Waals surface area contributed by atoms with E-state index in [4.69, 9.17) is 0 Å². The summed E-state index contributed by atoms with van der Waals surface area (Å²) >= 11 is 2.95. The van der Waals surface area contributed by atoms with Crippen molar-refractivity contribution in [3.63, 3.8) is 0 Å². The van der Waals surface area contributed by atoms with Crippen LogP contribution in [-0.2, 0) is 9.82 Å². The first-order valence-corrected chi connectivity index (χ1v) is 8.05. The Hall–Kier alpha value is -0.550. The largest absolute Gasteiger partial charge is 0.250 e. The Bertz CT molecular complexity index is 491. The Morgan fingerprint density at radius 1 is 1.31 bits per heavy atom. The molecule has 16 heavy (non-hydrogen) atoms. The predicted octanol–water partition coefficient (Wildman–Crippen LogP) is 3.95.